The molecule has 1 heterocycles. The van der Waals surface area contributed by atoms with Gasteiger partial charge in [0.2, 0.25) is 11.7 Å². The van der Waals surface area contributed by atoms with Crippen molar-refractivity contribution in [1.29, 1.82) is 0 Å². The standard InChI is InChI=1S/C18H17ClN4O2/c1-3-16-22-17(23-25-16)12-5-8-13(9-6-12)20-18(24)21-14-7-4-11(2)15(19)10-14/h4-10H,3H2,1-2H3,(H2,20,21,24). The number of hydrogen-bond donors (Lipinski definition) is 2. The lowest BCUT2D eigenvalue weighted by Crippen LogP contribution is -2.19. The van der Waals surface area contributed by atoms with Gasteiger partial charge in [-0.1, -0.05) is 29.7 Å². The molecule has 0 fully saturated rings. The summed E-state index contributed by atoms with van der Waals surface area (Å²) >= 11 is 6.05. The first-order chi connectivity index (χ1) is 12.0. The minimum absolute atomic E-state index is 0.347. The maximum absolute atomic E-state index is 12.1. The second-order valence-corrected chi connectivity index (χ2v) is 5.89. The fourth-order valence-electron chi connectivity index (χ4n) is 2.18. The number of amides is 2. The number of halogens is 1. The highest BCUT2D eigenvalue weighted by Crippen LogP contribution is 2.21. The van der Waals surface area contributed by atoms with Gasteiger partial charge in [0.15, 0.2) is 0 Å². The van der Waals surface area contributed by atoms with E-state index in [0.29, 0.717) is 34.5 Å². The SMILES string of the molecule is CCc1nc(-c2ccc(NC(=O)Nc3ccc(C)c(Cl)c3)cc2)no1. The molecule has 0 radical (unpaired) electrons. The van der Waals surface area contributed by atoms with Crippen LogP contribution in [0.15, 0.2) is 47.0 Å². The number of rotatable bonds is 4. The Kier molecular flexibility index (Phi) is 5.00. The van der Waals surface area contributed by atoms with Crippen molar-refractivity contribution in [2.75, 3.05) is 10.6 Å². The van der Waals surface area contributed by atoms with Gasteiger partial charge in [0.05, 0.1) is 0 Å². The summed E-state index contributed by atoms with van der Waals surface area (Å²) in [5.41, 5.74) is 3.05. The number of aromatic nitrogens is 2. The molecule has 2 aromatic carbocycles. The van der Waals surface area contributed by atoms with Crippen LogP contribution in [0.4, 0.5) is 16.2 Å². The van der Waals surface area contributed by atoms with E-state index < -0.39 is 0 Å². The molecule has 0 aliphatic carbocycles. The van der Waals surface area contributed by atoms with Crippen molar-refractivity contribution >= 4 is 29.0 Å². The van der Waals surface area contributed by atoms with Gasteiger partial charge in [-0.25, -0.2) is 4.79 Å². The van der Waals surface area contributed by atoms with Crippen molar-refractivity contribution in [3.05, 3.63) is 58.9 Å². The van der Waals surface area contributed by atoms with E-state index in [9.17, 15) is 4.79 Å². The first-order valence-corrected chi connectivity index (χ1v) is 8.20. The number of urea groups is 1. The Bertz CT molecular complexity index is 890. The zero-order chi connectivity index (χ0) is 17.8. The highest BCUT2D eigenvalue weighted by atomic mass is 35.5. The minimum atomic E-state index is -0.347. The summed E-state index contributed by atoms with van der Waals surface area (Å²) in [6.07, 6.45) is 0.690. The van der Waals surface area contributed by atoms with Crippen molar-refractivity contribution in [1.82, 2.24) is 10.1 Å². The summed E-state index contributed by atoms with van der Waals surface area (Å²) in [5, 5.41) is 10.0. The Morgan fingerprint density at radius 1 is 1.12 bits per heavy atom. The first-order valence-electron chi connectivity index (χ1n) is 7.82. The van der Waals surface area contributed by atoms with Crippen LogP contribution in [0.1, 0.15) is 18.4 Å². The molecule has 0 unspecified atom stereocenters. The molecular formula is C18H17ClN4O2. The number of anilines is 2. The number of carbonyl (C=O) groups excluding carboxylic acids is 1. The van der Waals surface area contributed by atoms with Gasteiger partial charge in [-0.05, 0) is 48.9 Å². The van der Waals surface area contributed by atoms with E-state index in [1.165, 1.54) is 0 Å². The van der Waals surface area contributed by atoms with Gasteiger partial charge in [-0.15, -0.1) is 0 Å². The molecule has 0 spiro atoms. The Morgan fingerprint density at radius 3 is 2.44 bits per heavy atom. The van der Waals surface area contributed by atoms with E-state index >= 15 is 0 Å². The number of hydrogen-bond acceptors (Lipinski definition) is 4. The van der Waals surface area contributed by atoms with E-state index in [1.807, 2.05) is 32.0 Å². The number of aryl methyl sites for hydroxylation is 2. The van der Waals surface area contributed by atoms with Crippen LogP contribution in [0.3, 0.4) is 0 Å². The zero-order valence-electron chi connectivity index (χ0n) is 13.8. The normalized spacial score (nSPS) is 10.5. The van der Waals surface area contributed by atoms with E-state index in [1.54, 1.807) is 24.3 Å². The smallest absolute Gasteiger partial charge is 0.323 e. The monoisotopic (exact) mass is 356 g/mol. The maximum Gasteiger partial charge on any atom is 0.323 e. The van der Waals surface area contributed by atoms with Crippen molar-refractivity contribution in [3.63, 3.8) is 0 Å². The molecule has 0 saturated carbocycles. The lowest BCUT2D eigenvalue weighted by molar-refractivity contribution is 0.262. The zero-order valence-corrected chi connectivity index (χ0v) is 14.6. The van der Waals surface area contributed by atoms with Crippen LogP contribution < -0.4 is 10.6 Å². The first kappa shape index (κ1) is 17.0. The molecule has 128 valence electrons. The van der Waals surface area contributed by atoms with Crippen LogP contribution in [0.2, 0.25) is 5.02 Å². The summed E-state index contributed by atoms with van der Waals surface area (Å²) in [6, 6.07) is 12.2. The summed E-state index contributed by atoms with van der Waals surface area (Å²) in [4.78, 5) is 16.3. The second kappa shape index (κ2) is 7.36. The molecule has 2 N–H and O–H groups in total. The Hall–Kier alpha value is -2.86. The average Bonchev–Trinajstić information content (AvgIpc) is 3.08. The third-order valence-corrected chi connectivity index (χ3v) is 4.01. The largest absolute Gasteiger partial charge is 0.339 e. The van der Waals surface area contributed by atoms with Crippen LogP contribution in [0, 0.1) is 6.92 Å². The van der Waals surface area contributed by atoms with Gasteiger partial charge in [0.1, 0.15) is 0 Å². The molecule has 0 aliphatic rings. The number of nitrogens with one attached hydrogen (secondary N) is 2. The van der Waals surface area contributed by atoms with Gasteiger partial charge in [-0.3, -0.25) is 0 Å². The van der Waals surface area contributed by atoms with Gasteiger partial charge in [0.25, 0.3) is 0 Å². The molecule has 0 saturated heterocycles. The molecule has 6 nitrogen and oxygen atoms in total. The minimum Gasteiger partial charge on any atom is -0.339 e. The van der Waals surface area contributed by atoms with Crippen molar-refractivity contribution in [2.45, 2.75) is 20.3 Å². The Balaban J connectivity index is 1.64. The Labute approximate surface area is 150 Å². The van der Waals surface area contributed by atoms with E-state index in [4.69, 9.17) is 16.1 Å². The summed E-state index contributed by atoms with van der Waals surface area (Å²) in [7, 11) is 0. The van der Waals surface area contributed by atoms with Crippen molar-refractivity contribution in [3.8, 4) is 11.4 Å². The van der Waals surface area contributed by atoms with E-state index in [-0.39, 0.29) is 6.03 Å². The summed E-state index contributed by atoms with van der Waals surface area (Å²) in [6.45, 7) is 3.85. The molecule has 2 amide bonds. The maximum atomic E-state index is 12.1. The quantitative estimate of drug-likeness (QED) is 0.696. The van der Waals surface area contributed by atoms with Crippen molar-refractivity contribution < 1.29 is 9.32 Å². The van der Waals surface area contributed by atoms with E-state index in [0.717, 1.165) is 11.1 Å². The molecule has 1 aromatic heterocycles. The van der Waals surface area contributed by atoms with Crippen LogP contribution in [0.25, 0.3) is 11.4 Å². The van der Waals surface area contributed by atoms with Gasteiger partial charge in [0, 0.05) is 28.4 Å². The van der Waals surface area contributed by atoms with Crippen molar-refractivity contribution in [2.24, 2.45) is 0 Å². The third-order valence-electron chi connectivity index (χ3n) is 3.60. The molecule has 0 bridgehead atoms. The molecule has 3 aromatic rings. The second-order valence-electron chi connectivity index (χ2n) is 5.49. The van der Waals surface area contributed by atoms with Crippen LogP contribution >= 0.6 is 11.6 Å². The number of nitrogens with zero attached hydrogens (tertiary/aromatic N) is 2. The molecule has 7 heteroatoms. The topological polar surface area (TPSA) is 80.0 Å². The van der Waals surface area contributed by atoms with Gasteiger partial charge < -0.3 is 15.2 Å². The lowest BCUT2D eigenvalue weighted by atomic mass is 10.2. The van der Waals surface area contributed by atoms with Crippen LogP contribution in [-0.4, -0.2) is 16.2 Å². The van der Waals surface area contributed by atoms with Gasteiger partial charge in [-0.2, -0.15) is 4.98 Å². The fourth-order valence-corrected chi connectivity index (χ4v) is 2.36. The van der Waals surface area contributed by atoms with Crippen LogP contribution in [0.5, 0.6) is 0 Å². The summed E-state index contributed by atoms with van der Waals surface area (Å²) < 4.78 is 5.10. The number of carbonyl (C=O) groups is 1. The summed E-state index contributed by atoms with van der Waals surface area (Å²) in [5.74, 6) is 1.12. The van der Waals surface area contributed by atoms with E-state index in [2.05, 4.69) is 20.8 Å². The van der Waals surface area contributed by atoms with Crippen LogP contribution in [-0.2, 0) is 6.42 Å². The number of benzene rings is 2. The predicted molar refractivity (Wildman–Crippen MR) is 97.9 cm³/mol. The lowest BCUT2D eigenvalue weighted by Gasteiger charge is -2.09. The molecule has 0 atom stereocenters. The predicted octanol–water partition coefficient (Wildman–Crippen LogP) is 4.90. The average molecular weight is 357 g/mol. The highest BCUT2D eigenvalue weighted by Gasteiger charge is 2.08. The molecule has 25 heavy (non-hydrogen) atoms. The highest BCUT2D eigenvalue weighted by molar-refractivity contribution is 6.31. The molecule has 0 aliphatic heterocycles. The third kappa shape index (κ3) is 4.16. The van der Waals surface area contributed by atoms with Gasteiger partial charge >= 0.3 is 6.03 Å². The fraction of sp³-hybridized carbons (Fsp3) is 0.167. The molecular weight excluding hydrogens is 340 g/mol. The molecule has 3 rings (SSSR count). The Morgan fingerprint density at radius 2 is 1.80 bits per heavy atom.